The molecular weight excluding hydrogens is 226 g/mol. The molecule has 0 saturated heterocycles. The quantitative estimate of drug-likeness (QED) is 0.812. The van der Waals surface area contributed by atoms with Crippen molar-refractivity contribution < 1.29 is 9.47 Å². The minimum absolute atomic E-state index is 0.281. The fourth-order valence-electron chi connectivity index (χ4n) is 1.23. The van der Waals surface area contributed by atoms with Gasteiger partial charge in [0.05, 0.1) is 11.1 Å². The average Bonchev–Trinajstić information content (AvgIpc) is 2.92. The maximum atomic E-state index is 6.09. The van der Waals surface area contributed by atoms with Crippen LogP contribution in [0.4, 0.5) is 0 Å². The number of hydrogen-bond acceptors (Lipinski definition) is 3. The first kappa shape index (κ1) is 11.5. The molecule has 1 aromatic heterocycles. The van der Waals surface area contributed by atoms with Gasteiger partial charge in [0.15, 0.2) is 0 Å². The predicted molar refractivity (Wildman–Crippen MR) is 63.3 cm³/mol. The lowest BCUT2D eigenvalue weighted by Crippen LogP contribution is -2.24. The minimum atomic E-state index is -0.306. The number of hydrogen-bond donors (Lipinski definition) is 0. The van der Waals surface area contributed by atoms with Gasteiger partial charge in [-0.2, -0.15) is 0 Å². The second kappa shape index (κ2) is 4.13. The molecular formula is C12H16ClNO2. The third-order valence-electron chi connectivity index (χ3n) is 2.04. The minimum Gasteiger partial charge on any atom is -0.483 e. The van der Waals surface area contributed by atoms with Crippen molar-refractivity contribution in [2.75, 3.05) is 0 Å². The fourth-order valence-corrected chi connectivity index (χ4v) is 1.41. The molecule has 4 heteroatoms. The zero-order chi connectivity index (χ0) is 11.8. The normalized spacial score (nSPS) is 16.0. The molecule has 0 bridgehead atoms. The van der Waals surface area contributed by atoms with Crippen molar-refractivity contribution in [1.82, 2.24) is 4.98 Å². The second-order valence-electron chi connectivity index (χ2n) is 4.96. The third-order valence-corrected chi connectivity index (χ3v) is 2.33. The number of halogens is 1. The molecule has 0 atom stereocenters. The first-order valence-electron chi connectivity index (χ1n) is 5.46. The highest BCUT2D eigenvalue weighted by molar-refractivity contribution is 6.32. The first-order chi connectivity index (χ1) is 7.46. The summed E-state index contributed by atoms with van der Waals surface area (Å²) in [6.45, 7) is 5.91. The van der Waals surface area contributed by atoms with Crippen molar-refractivity contribution in [3.63, 3.8) is 0 Å². The van der Waals surface area contributed by atoms with E-state index in [0.29, 0.717) is 16.7 Å². The third kappa shape index (κ3) is 3.01. The van der Waals surface area contributed by atoms with E-state index >= 15 is 0 Å². The molecule has 1 heterocycles. The van der Waals surface area contributed by atoms with Gasteiger partial charge in [0, 0.05) is 6.20 Å². The van der Waals surface area contributed by atoms with Crippen molar-refractivity contribution in [3.05, 3.63) is 17.3 Å². The zero-order valence-corrected chi connectivity index (χ0v) is 10.5. The Labute approximate surface area is 101 Å². The van der Waals surface area contributed by atoms with E-state index in [-0.39, 0.29) is 11.7 Å². The van der Waals surface area contributed by atoms with Crippen molar-refractivity contribution in [2.24, 2.45) is 0 Å². The van der Waals surface area contributed by atoms with Crippen LogP contribution in [0.2, 0.25) is 5.02 Å². The molecule has 1 aliphatic rings. The summed E-state index contributed by atoms with van der Waals surface area (Å²) >= 11 is 6.09. The van der Waals surface area contributed by atoms with E-state index in [0.717, 1.165) is 12.8 Å². The fraction of sp³-hybridized carbons (Fsp3) is 0.583. The Morgan fingerprint density at radius 1 is 1.38 bits per heavy atom. The average molecular weight is 242 g/mol. The highest BCUT2D eigenvalue weighted by Gasteiger charge is 2.27. The SMILES string of the molecule is CC(C)(C)Oc1nccc(Cl)c1OC1CC1. The zero-order valence-electron chi connectivity index (χ0n) is 9.79. The summed E-state index contributed by atoms with van der Waals surface area (Å²) < 4.78 is 11.4. The van der Waals surface area contributed by atoms with E-state index in [2.05, 4.69) is 4.98 Å². The molecule has 1 aliphatic carbocycles. The molecule has 0 unspecified atom stereocenters. The van der Waals surface area contributed by atoms with Gasteiger partial charge < -0.3 is 9.47 Å². The maximum absolute atomic E-state index is 6.09. The second-order valence-corrected chi connectivity index (χ2v) is 5.37. The summed E-state index contributed by atoms with van der Waals surface area (Å²) in [7, 11) is 0. The van der Waals surface area contributed by atoms with Gasteiger partial charge in [0.2, 0.25) is 5.75 Å². The smallest absolute Gasteiger partial charge is 0.259 e. The molecule has 0 spiro atoms. The van der Waals surface area contributed by atoms with Gasteiger partial charge in [0.1, 0.15) is 5.60 Å². The molecule has 0 N–H and O–H groups in total. The standard InChI is InChI=1S/C12H16ClNO2/c1-12(2,3)16-11-10(15-8-4-5-8)9(13)6-7-14-11/h6-8H,4-5H2,1-3H3. The Hall–Kier alpha value is -0.960. The van der Waals surface area contributed by atoms with Crippen LogP contribution in [0.5, 0.6) is 11.6 Å². The molecule has 3 nitrogen and oxygen atoms in total. The van der Waals surface area contributed by atoms with Crippen molar-refractivity contribution in [2.45, 2.75) is 45.3 Å². The van der Waals surface area contributed by atoms with Gasteiger partial charge in [-0.05, 0) is 39.7 Å². The molecule has 0 aliphatic heterocycles. The number of ether oxygens (including phenoxy) is 2. The lowest BCUT2D eigenvalue weighted by atomic mass is 10.2. The Morgan fingerprint density at radius 3 is 2.62 bits per heavy atom. The summed E-state index contributed by atoms with van der Waals surface area (Å²) in [6, 6.07) is 1.72. The Bertz CT molecular complexity index is 383. The lowest BCUT2D eigenvalue weighted by Gasteiger charge is -2.22. The highest BCUT2D eigenvalue weighted by Crippen LogP contribution is 2.38. The maximum Gasteiger partial charge on any atom is 0.259 e. The van der Waals surface area contributed by atoms with Crippen molar-refractivity contribution >= 4 is 11.6 Å². The van der Waals surface area contributed by atoms with Crippen LogP contribution in [0.15, 0.2) is 12.3 Å². The van der Waals surface area contributed by atoms with Crippen LogP contribution in [0.1, 0.15) is 33.6 Å². The molecule has 88 valence electrons. The van der Waals surface area contributed by atoms with E-state index in [4.69, 9.17) is 21.1 Å². The molecule has 1 saturated carbocycles. The van der Waals surface area contributed by atoms with Gasteiger partial charge in [0.25, 0.3) is 5.88 Å². The number of nitrogens with zero attached hydrogens (tertiary/aromatic N) is 1. The number of pyridine rings is 1. The van der Waals surface area contributed by atoms with E-state index in [9.17, 15) is 0 Å². The monoisotopic (exact) mass is 241 g/mol. The van der Waals surface area contributed by atoms with Crippen LogP contribution in [-0.2, 0) is 0 Å². The lowest BCUT2D eigenvalue weighted by molar-refractivity contribution is 0.115. The van der Waals surface area contributed by atoms with Gasteiger partial charge >= 0.3 is 0 Å². The van der Waals surface area contributed by atoms with Crippen molar-refractivity contribution in [3.8, 4) is 11.6 Å². The summed E-state index contributed by atoms with van der Waals surface area (Å²) in [5.41, 5.74) is -0.306. The Balaban J connectivity index is 2.24. The van der Waals surface area contributed by atoms with Gasteiger partial charge in [-0.25, -0.2) is 4.98 Å². The molecule has 0 aromatic carbocycles. The van der Waals surface area contributed by atoms with Crippen LogP contribution in [0.25, 0.3) is 0 Å². The molecule has 16 heavy (non-hydrogen) atoms. The van der Waals surface area contributed by atoms with E-state index in [1.807, 2.05) is 20.8 Å². The van der Waals surface area contributed by atoms with E-state index < -0.39 is 0 Å². The Morgan fingerprint density at radius 2 is 2.06 bits per heavy atom. The predicted octanol–water partition coefficient (Wildman–Crippen LogP) is 3.45. The molecule has 0 amide bonds. The van der Waals surface area contributed by atoms with Crippen LogP contribution < -0.4 is 9.47 Å². The molecule has 1 aromatic rings. The van der Waals surface area contributed by atoms with Crippen LogP contribution >= 0.6 is 11.6 Å². The summed E-state index contributed by atoms with van der Waals surface area (Å²) in [5, 5.41) is 0.557. The largest absolute Gasteiger partial charge is 0.483 e. The summed E-state index contributed by atoms with van der Waals surface area (Å²) in [6.07, 6.45) is 4.08. The first-order valence-corrected chi connectivity index (χ1v) is 5.84. The molecule has 2 rings (SSSR count). The van der Waals surface area contributed by atoms with Crippen molar-refractivity contribution in [1.29, 1.82) is 0 Å². The molecule has 0 radical (unpaired) electrons. The van der Waals surface area contributed by atoms with E-state index in [1.54, 1.807) is 12.3 Å². The highest BCUT2D eigenvalue weighted by atomic mass is 35.5. The van der Waals surface area contributed by atoms with Gasteiger partial charge in [-0.1, -0.05) is 11.6 Å². The van der Waals surface area contributed by atoms with Crippen LogP contribution in [0.3, 0.4) is 0 Å². The van der Waals surface area contributed by atoms with Crippen LogP contribution in [-0.4, -0.2) is 16.7 Å². The number of aromatic nitrogens is 1. The van der Waals surface area contributed by atoms with Crippen LogP contribution in [0, 0.1) is 0 Å². The topological polar surface area (TPSA) is 31.4 Å². The van der Waals surface area contributed by atoms with Gasteiger partial charge in [-0.3, -0.25) is 0 Å². The van der Waals surface area contributed by atoms with Gasteiger partial charge in [-0.15, -0.1) is 0 Å². The summed E-state index contributed by atoms with van der Waals surface area (Å²) in [5.74, 6) is 1.05. The summed E-state index contributed by atoms with van der Waals surface area (Å²) in [4.78, 5) is 4.17. The number of rotatable bonds is 3. The van der Waals surface area contributed by atoms with E-state index in [1.165, 1.54) is 0 Å². The Kier molecular flexibility index (Phi) is 2.98. The molecule has 1 fully saturated rings.